The van der Waals surface area contributed by atoms with Crippen molar-refractivity contribution in [2.24, 2.45) is 5.73 Å². The van der Waals surface area contributed by atoms with Crippen LogP contribution < -0.4 is 11.1 Å². The monoisotopic (exact) mass is 270 g/mol. The van der Waals surface area contributed by atoms with Crippen LogP contribution in [0.4, 0.5) is 0 Å². The first-order valence-corrected chi connectivity index (χ1v) is 7.67. The summed E-state index contributed by atoms with van der Waals surface area (Å²) in [6, 6.07) is 0. The summed E-state index contributed by atoms with van der Waals surface area (Å²) >= 11 is 0. The number of hydrogen-bond acceptors (Lipinski definition) is 4. The van der Waals surface area contributed by atoms with Gasteiger partial charge in [0.05, 0.1) is 6.54 Å². The molecule has 0 aromatic carbocycles. The third-order valence-corrected chi connectivity index (χ3v) is 3.58. The van der Waals surface area contributed by atoms with Gasteiger partial charge in [-0.05, 0) is 45.4 Å². The molecule has 1 saturated heterocycles. The molecule has 0 saturated carbocycles. The number of nitrogens with two attached hydrogens (primary N) is 1. The topological polar surface area (TPSA) is 61.6 Å². The number of nitrogens with one attached hydrogen (secondary N) is 1. The number of amides is 1. The molecule has 1 rings (SSSR count). The molecule has 1 aliphatic heterocycles. The molecule has 1 fully saturated rings. The van der Waals surface area contributed by atoms with Crippen molar-refractivity contribution in [3.63, 3.8) is 0 Å². The second kappa shape index (κ2) is 10.2. The van der Waals surface area contributed by atoms with Gasteiger partial charge in [-0.1, -0.05) is 13.3 Å². The van der Waals surface area contributed by atoms with E-state index in [4.69, 9.17) is 5.73 Å². The SMILES string of the molecule is CCCCNC(=O)CN1CCCN(CCCN)CC1. The summed E-state index contributed by atoms with van der Waals surface area (Å²) < 4.78 is 0. The third kappa shape index (κ3) is 7.50. The Morgan fingerprint density at radius 1 is 1.16 bits per heavy atom. The molecular formula is C14H30N4O. The van der Waals surface area contributed by atoms with Crippen LogP contribution in [0.1, 0.15) is 32.6 Å². The molecule has 5 heteroatoms. The second-order valence-electron chi connectivity index (χ2n) is 5.32. The lowest BCUT2D eigenvalue weighted by molar-refractivity contribution is -0.122. The largest absolute Gasteiger partial charge is 0.355 e. The summed E-state index contributed by atoms with van der Waals surface area (Å²) in [4.78, 5) is 16.5. The summed E-state index contributed by atoms with van der Waals surface area (Å²) in [5.74, 6) is 0.170. The van der Waals surface area contributed by atoms with Crippen molar-refractivity contribution in [1.82, 2.24) is 15.1 Å². The van der Waals surface area contributed by atoms with Gasteiger partial charge in [0.15, 0.2) is 0 Å². The Labute approximate surface area is 117 Å². The van der Waals surface area contributed by atoms with Gasteiger partial charge >= 0.3 is 0 Å². The summed E-state index contributed by atoms with van der Waals surface area (Å²) in [5.41, 5.74) is 5.55. The van der Waals surface area contributed by atoms with E-state index in [2.05, 4.69) is 22.0 Å². The Morgan fingerprint density at radius 3 is 2.63 bits per heavy atom. The zero-order chi connectivity index (χ0) is 13.9. The van der Waals surface area contributed by atoms with Crippen LogP contribution in [-0.2, 0) is 4.79 Å². The maximum atomic E-state index is 11.8. The minimum Gasteiger partial charge on any atom is -0.355 e. The highest BCUT2D eigenvalue weighted by molar-refractivity contribution is 5.77. The molecule has 19 heavy (non-hydrogen) atoms. The Kier molecular flexibility index (Phi) is 8.79. The molecule has 3 N–H and O–H groups in total. The summed E-state index contributed by atoms with van der Waals surface area (Å²) in [7, 11) is 0. The van der Waals surface area contributed by atoms with Gasteiger partial charge in [-0.15, -0.1) is 0 Å². The standard InChI is InChI=1S/C14H30N4O/c1-2-3-7-16-14(19)13-18-10-5-9-17(11-12-18)8-4-6-15/h2-13,15H2,1H3,(H,16,19). The van der Waals surface area contributed by atoms with Crippen molar-refractivity contribution in [1.29, 1.82) is 0 Å². The summed E-state index contributed by atoms with van der Waals surface area (Å²) in [6.45, 7) is 9.56. The van der Waals surface area contributed by atoms with Crippen molar-refractivity contribution in [3.8, 4) is 0 Å². The minimum absolute atomic E-state index is 0.170. The van der Waals surface area contributed by atoms with Crippen molar-refractivity contribution < 1.29 is 4.79 Å². The van der Waals surface area contributed by atoms with Gasteiger partial charge in [-0.2, -0.15) is 0 Å². The first kappa shape index (κ1) is 16.4. The van der Waals surface area contributed by atoms with E-state index in [1.165, 1.54) is 0 Å². The van der Waals surface area contributed by atoms with Gasteiger partial charge in [-0.3, -0.25) is 9.69 Å². The molecule has 0 unspecified atom stereocenters. The fraction of sp³-hybridized carbons (Fsp3) is 0.929. The van der Waals surface area contributed by atoms with Crippen LogP contribution in [-0.4, -0.2) is 68.1 Å². The molecule has 0 spiro atoms. The third-order valence-electron chi connectivity index (χ3n) is 3.58. The first-order valence-electron chi connectivity index (χ1n) is 7.67. The molecule has 5 nitrogen and oxygen atoms in total. The molecule has 0 aromatic rings. The molecule has 1 amide bonds. The van der Waals surface area contributed by atoms with E-state index in [0.29, 0.717) is 6.54 Å². The van der Waals surface area contributed by atoms with Crippen LogP contribution in [0.25, 0.3) is 0 Å². The summed E-state index contributed by atoms with van der Waals surface area (Å²) in [6.07, 6.45) is 4.41. The van der Waals surface area contributed by atoms with Crippen LogP contribution in [0.5, 0.6) is 0 Å². The van der Waals surface area contributed by atoms with Gasteiger partial charge in [0.1, 0.15) is 0 Å². The second-order valence-corrected chi connectivity index (χ2v) is 5.32. The molecular weight excluding hydrogens is 240 g/mol. The zero-order valence-corrected chi connectivity index (χ0v) is 12.4. The molecule has 0 aromatic heterocycles. The quantitative estimate of drug-likeness (QED) is 0.621. The van der Waals surface area contributed by atoms with Crippen molar-refractivity contribution >= 4 is 5.91 Å². The lowest BCUT2D eigenvalue weighted by Crippen LogP contribution is -2.39. The van der Waals surface area contributed by atoms with E-state index in [-0.39, 0.29) is 5.91 Å². The van der Waals surface area contributed by atoms with E-state index in [1.807, 2.05) is 0 Å². The van der Waals surface area contributed by atoms with E-state index in [0.717, 1.165) is 71.5 Å². The Balaban J connectivity index is 2.19. The molecule has 0 atom stereocenters. The van der Waals surface area contributed by atoms with Crippen molar-refractivity contribution in [3.05, 3.63) is 0 Å². The van der Waals surface area contributed by atoms with Gasteiger partial charge in [0.2, 0.25) is 5.91 Å². The van der Waals surface area contributed by atoms with Crippen LogP contribution in [0.2, 0.25) is 0 Å². The van der Waals surface area contributed by atoms with Gasteiger partial charge in [0, 0.05) is 19.6 Å². The van der Waals surface area contributed by atoms with Gasteiger partial charge < -0.3 is 16.0 Å². The number of unbranched alkanes of at least 4 members (excludes halogenated alkanes) is 1. The van der Waals surface area contributed by atoms with Crippen molar-refractivity contribution in [2.45, 2.75) is 32.6 Å². The molecule has 0 bridgehead atoms. The molecule has 112 valence electrons. The lowest BCUT2D eigenvalue weighted by atomic mass is 10.3. The van der Waals surface area contributed by atoms with E-state index < -0.39 is 0 Å². The van der Waals surface area contributed by atoms with E-state index >= 15 is 0 Å². The van der Waals surface area contributed by atoms with Crippen LogP contribution in [0.3, 0.4) is 0 Å². The molecule has 0 radical (unpaired) electrons. The highest BCUT2D eigenvalue weighted by atomic mass is 16.2. The number of carbonyl (C=O) groups is 1. The zero-order valence-electron chi connectivity index (χ0n) is 12.4. The number of carbonyl (C=O) groups excluding carboxylic acids is 1. The average molecular weight is 270 g/mol. The molecule has 1 heterocycles. The number of nitrogens with zero attached hydrogens (tertiary/aromatic N) is 2. The van der Waals surface area contributed by atoms with Crippen LogP contribution >= 0.6 is 0 Å². The highest BCUT2D eigenvalue weighted by Gasteiger charge is 2.16. The Hall–Kier alpha value is -0.650. The fourth-order valence-electron chi connectivity index (χ4n) is 2.38. The number of hydrogen-bond donors (Lipinski definition) is 2. The number of rotatable bonds is 8. The maximum absolute atomic E-state index is 11.8. The van der Waals surface area contributed by atoms with Gasteiger partial charge in [0.25, 0.3) is 0 Å². The average Bonchev–Trinajstić information content (AvgIpc) is 2.62. The Bertz CT molecular complexity index is 248. The fourth-order valence-corrected chi connectivity index (χ4v) is 2.38. The predicted molar refractivity (Wildman–Crippen MR) is 79.1 cm³/mol. The molecule has 1 aliphatic rings. The highest BCUT2D eigenvalue weighted by Crippen LogP contribution is 2.03. The Morgan fingerprint density at radius 2 is 1.89 bits per heavy atom. The maximum Gasteiger partial charge on any atom is 0.234 e. The lowest BCUT2D eigenvalue weighted by Gasteiger charge is -2.21. The predicted octanol–water partition coefficient (Wildman–Crippen LogP) is 0.259. The molecule has 0 aliphatic carbocycles. The smallest absolute Gasteiger partial charge is 0.234 e. The summed E-state index contributed by atoms with van der Waals surface area (Å²) in [5, 5.41) is 2.99. The van der Waals surface area contributed by atoms with Crippen molar-refractivity contribution in [2.75, 3.05) is 52.4 Å². The normalized spacial score (nSPS) is 18.2. The van der Waals surface area contributed by atoms with E-state index in [1.54, 1.807) is 0 Å². The van der Waals surface area contributed by atoms with Gasteiger partial charge in [-0.25, -0.2) is 0 Å². The van der Waals surface area contributed by atoms with Crippen LogP contribution in [0, 0.1) is 0 Å². The van der Waals surface area contributed by atoms with Crippen LogP contribution in [0.15, 0.2) is 0 Å². The minimum atomic E-state index is 0.170. The first-order chi connectivity index (χ1) is 9.26. The van der Waals surface area contributed by atoms with E-state index in [9.17, 15) is 4.79 Å².